The Labute approximate surface area is 128 Å². The minimum absolute atomic E-state index is 0.0323. The van der Waals surface area contributed by atoms with Gasteiger partial charge in [-0.15, -0.1) is 0 Å². The lowest BCUT2D eigenvalue weighted by Gasteiger charge is -2.24. The highest BCUT2D eigenvalue weighted by Gasteiger charge is 2.34. The molecule has 0 amide bonds. The van der Waals surface area contributed by atoms with E-state index in [2.05, 4.69) is 26.1 Å². The second-order valence-corrected chi connectivity index (χ2v) is 8.63. The number of hydrogen-bond acceptors (Lipinski definition) is 3. The van der Waals surface area contributed by atoms with Gasteiger partial charge in [-0.05, 0) is 43.0 Å². The monoisotopic (exact) mass is 310 g/mol. The Bertz CT molecular complexity index is 573. The molecule has 5 heteroatoms. The molecule has 1 aromatic carbocycles. The molecule has 1 unspecified atom stereocenters. The van der Waals surface area contributed by atoms with Crippen molar-refractivity contribution in [1.29, 1.82) is 0 Å². The Morgan fingerprint density at radius 1 is 1.24 bits per heavy atom. The van der Waals surface area contributed by atoms with Crippen molar-refractivity contribution in [1.82, 2.24) is 9.62 Å². The molecule has 0 spiro atoms. The van der Waals surface area contributed by atoms with Gasteiger partial charge in [0.1, 0.15) is 0 Å². The summed E-state index contributed by atoms with van der Waals surface area (Å²) < 4.78 is 27.2. The van der Waals surface area contributed by atoms with Gasteiger partial charge < -0.3 is 5.32 Å². The van der Waals surface area contributed by atoms with Gasteiger partial charge in [0.05, 0.1) is 4.90 Å². The molecule has 0 bridgehead atoms. The highest BCUT2D eigenvalue weighted by Crippen LogP contribution is 2.28. The summed E-state index contributed by atoms with van der Waals surface area (Å²) in [6.45, 7) is 7.70. The maximum atomic E-state index is 12.8. The van der Waals surface area contributed by atoms with Gasteiger partial charge in [0.15, 0.2) is 0 Å². The minimum atomic E-state index is -3.38. The van der Waals surface area contributed by atoms with Crippen LogP contribution in [-0.2, 0) is 15.4 Å². The Morgan fingerprint density at radius 2 is 1.86 bits per heavy atom. The van der Waals surface area contributed by atoms with Crippen LogP contribution in [-0.4, -0.2) is 38.9 Å². The first kappa shape index (κ1) is 16.5. The maximum absolute atomic E-state index is 12.8. The van der Waals surface area contributed by atoms with E-state index in [1.807, 2.05) is 19.2 Å². The van der Waals surface area contributed by atoms with Crippen molar-refractivity contribution >= 4 is 10.0 Å². The van der Waals surface area contributed by atoms with Crippen LogP contribution in [0.4, 0.5) is 0 Å². The van der Waals surface area contributed by atoms with Crippen LogP contribution in [0.15, 0.2) is 29.2 Å². The molecule has 2 rings (SSSR count). The third kappa shape index (κ3) is 3.47. The molecule has 4 nitrogen and oxygen atoms in total. The van der Waals surface area contributed by atoms with Crippen molar-refractivity contribution in [3.8, 4) is 0 Å². The topological polar surface area (TPSA) is 49.4 Å². The number of hydrogen-bond donors (Lipinski definition) is 1. The van der Waals surface area contributed by atoms with Crippen molar-refractivity contribution in [3.63, 3.8) is 0 Å². The van der Waals surface area contributed by atoms with E-state index < -0.39 is 10.0 Å². The molecule has 1 heterocycles. The third-order valence-electron chi connectivity index (χ3n) is 4.09. The van der Waals surface area contributed by atoms with E-state index in [4.69, 9.17) is 0 Å². The molecule has 1 aliphatic heterocycles. The smallest absolute Gasteiger partial charge is 0.243 e. The Balaban J connectivity index is 2.27. The molecule has 1 aromatic rings. The largest absolute Gasteiger partial charge is 0.318 e. The molecule has 1 aliphatic rings. The summed E-state index contributed by atoms with van der Waals surface area (Å²) in [6, 6.07) is 7.41. The summed E-state index contributed by atoms with van der Waals surface area (Å²) in [5.41, 5.74) is 1.18. The lowest BCUT2D eigenvalue weighted by molar-refractivity contribution is 0.379. The highest BCUT2D eigenvalue weighted by atomic mass is 32.2. The van der Waals surface area contributed by atoms with Crippen LogP contribution in [0.3, 0.4) is 0 Å². The lowest BCUT2D eigenvalue weighted by Crippen LogP contribution is -2.40. The maximum Gasteiger partial charge on any atom is 0.243 e. The van der Waals surface area contributed by atoms with E-state index >= 15 is 0 Å². The second kappa shape index (κ2) is 6.07. The van der Waals surface area contributed by atoms with Gasteiger partial charge in [0, 0.05) is 19.1 Å². The molecular formula is C16H26N2O2S. The first-order valence-electron chi connectivity index (χ1n) is 7.54. The van der Waals surface area contributed by atoms with Crippen LogP contribution < -0.4 is 5.32 Å². The fourth-order valence-electron chi connectivity index (χ4n) is 2.83. The number of sulfonamides is 1. The zero-order valence-corrected chi connectivity index (χ0v) is 14.2. The SMILES string of the molecule is CNCC1CCCN1S(=O)(=O)c1ccc(C(C)(C)C)cc1. The molecule has 1 saturated heterocycles. The fourth-order valence-corrected chi connectivity index (χ4v) is 4.52. The number of benzene rings is 1. The van der Waals surface area contributed by atoms with Gasteiger partial charge in [-0.2, -0.15) is 4.31 Å². The number of likely N-dealkylation sites (N-methyl/N-ethyl adjacent to an activating group) is 1. The number of rotatable bonds is 4. The lowest BCUT2D eigenvalue weighted by atomic mass is 9.87. The van der Waals surface area contributed by atoms with Crippen molar-refractivity contribution in [3.05, 3.63) is 29.8 Å². The predicted molar refractivity (Wildman–Crippen MR) is 86.0 cm³/mol. The van der Waals surface area contributed by atoms with E-state index in [1.165, 1.54) is 0 Å². The Hall–Kier alpha value is -0.910. The van der Waals surface area contributed by atoms with E-state index in [1.54, 1.807) is 16.4 Å². The van der Waals surface area contributed by atoms with Crippen LogP contribution in [0.25, 0.3) is 0 Å². The van der Waals surface area contributed by atoms with E-state index in [0.29, 0.717) is 18.0 Å². The second-order valence-electron chi connectivity index (χ2n) is 6.74. The summed E-state index contributed by atoms with van der Waals surface area (Å²) >= 11 is 0. The molecule has 1 fully saturated rings. The first-order valence-corrected chi connectivity index (χ1v) is 8.98. The quantitative estimate of drug-likeness (QED) is 0.929. The fraction of sp³-hybridized carbons (Fsp3) is 0.625. The van der Waals surface area contributed by atoms with Crippen LogP contribution in [0.5, 0.6) is 0 Å². The van der Waals surface area contributed by atoms with E-state index in [9.17, 15) is 8.42 Å². The Morgan fingerprint density at radius 3 is 2.38 bits per heavy atom. The summed E-state index contributed by atoms with van der Waals surface area (Å²) in [5.74, 6) is 0. The number of nitrogens with one attached hydrogen (secondary N) is 1. The van der Waals surface area contributed by atoms with Gasteiger partial charge in [0.2, 0.25) is 10.0 Å². The van der Waals surface area contributed by atoms with Crippen molar-refractivity contribution in [2.24, 2.45) is 0 Å². The average molecular weight is 310 g/mol. The van der Waals surface area contributed by atoms with Crippen molar-refractivity contribution < 1.29 is 8.42 Å². The molecule has 21 heavy (non-hydrogen) atoms. The first-order chi connectivity index (χ1) is 9.76. The molecule has 1 N–H and O–H groups in total. The minimum Gasteiger partial charge on any atom is -0.318 e. The molecule has 0 saturated carbocycles. The average Bonchev–Trinajstić information content (AvgIpc) is 2.87. The van der Waals surface area contributed by atoms with Crippen molar-refractivity contribution in [2.45, 2.75) is 50.0 Å². The van der Waals surface area contributed by atoms with Gasteiger partial charge in [-0.1, -0.05) is 32.9 Å². The summed E-state index contributed by atoms with van der Waals surface area (Å²) in [6.07, 6.45) is 1.87. The van der Waals surface area contributed by atoms with Gasteiger partial charge in [0.25, 0.3) is 0 Å². The van der Waals surface area contributed by atoms with Gasteiger partial charge in [-0.3, -0.25) is 0 Å². The normalized spacial score (nSPS) is 20.9. The molecule has 118 valence electrons. The summed E-state index contributed by atoms with van der Waals surface area (Å²) in [7, 11) is -1.52. The van der Waals surface area contributed by atoms with E-state index in [0.717, 1.165) is 18.4 Å². The zero-order valence-electron chi connectivity index (χ0n) is 13.4. The third-order valence-corrected chi connectivity index (χ3v) is 6.06. The summed E-state index contributed by atoms with van der Waals surface area (Å²) in [5, 5.41) is 3.09. The molecule has 0 radical (unpaired) electrons. The molecular weight excluding hydrogens is 284 g/mol. The zero-order chi connectivity index (χ0) is 15.7. The van der Waals surface area contributed by atoms with Gasteiger partial charge >= 0.3 is 0 Å². The van der Waals surface area contributed by atoms with Crippen molar-refractivity contribution in [2.75, 3.05) is 20.1 Å². The predicted octanol–water partition coefficient (Wildman–Crippen LogP) is 2.36. The number of nitrogens with zero attached hydrogens (tertiary/aromatic N) is 1. The van der Waals surface area contributed by atoms with E-state index in [-0.39, 0.29) is 11.5 Å². The molecule has 0 aromatic heterocycles. The highest BCUT2D eigenvalue weighted by molar-refractivity contribution is 7.89. The summed E-state index contributed by atoms with van der Waals surface area (Å²) in [4.78, 5) is 0.401. The molecule has 1 atom stereocenters. The standard InChI is InChI=1S/C16H26N2O2S/c1-16(2,3)13-7-9-15(10-8-13)21(19,20)18-11-5-6-14(18)12-17-4/h7-10,14,17H,5-6,11-12H2,1-4H3. The van der Waals surface area contributed by atoms with Gasteiger partial charge in [-0.25, -0.2) is 8.42 Å². The van der Waals surface area contributed by atoms with Crippen LogP contribution >= 0.6 is 0 Å². The molecule has 0 aliphatic carbocycles. The van der Waals surface area contributed by atoms with Crippen LogP contribution in [0.1, 0.15) is 39.2 Å². The van der Waals surface area contributed by atoms with Crippen LogP contribution in [0, 0.1) is 0 Å². The Kier molecular flexibility index (Phi) is 4.76. The van der Waals surface area contributed by atoms with Crippen LogP contribution in [0.2, 0.25) is 0 Å².